The Hall–Kier alpha value is -2.38. The molecule has 7 nitrogen and oxygen atoms in total. The summed E-state index contributed by atoms with van der Waals surface area (Å²) in [6, 6.07) is 7.33. The molecule has 25 heavy (non-hydrogen) atoms. The standard InChI is InChI=1S/C17H21N5O2.ClH/c1-18-16(13-9-20-21(2)11-13)17(24)19-10-15(23)22-8-7-12-5-3-4-6-14(12)22;/h3-6,9,11,16,18H,7-8,10H2,1-2H3,(H,19,24);1H. The highest BCUT2D eigenvalue weighted by molar-refractivity contribution is 5.98. The Bertz CT molecular complexity index is 761. The smallest absolute Gasteiger partial charge is 0.246 e. The van der Waals surface area contributed by atoms with Gasteiger partial charge < -0.3 is 15.5 Å². The first-order chi connectivity index (χ1) is 11.6. The number of para-hydroxylation sites is 1. The van der Waals surface area contributed by atoms with E-state index in [2.05, 4.69) is 15.7 Å². The molecule has 134 valence electrons. The molecule has 0 radical (unpaired) electrons. The first kappa shape index (κ1) is 19.0. The third-order valence-corrected chi connectivity index (χ3v) is 4.21. The second-order valence-corrected chi connectivity index (χ2v) is 5.81. The number of aromatic nitrogens is 2. The number of anilines is 1. The molecule has 0 saturated heterocycles. The van der Waals surface area contributed by atoms with Crippen LogP contribution in [-0.2, 0) is 23.1 Å². The van der Waals surface area contributed by atoms with Crippen molar-refractivity contribution < 1.29 is 9.59 Å². The molecular weight excluding hydrogens is 342 g/mol. The molecule has 0 bridgehead atoms. The van der Waals surface area contributed by atoms with Crippen molar-refractivity contribution in [1.29, 1.82) is 0 Å². The van der Waals surface area contributed by atoms with Crippen LogP contribution in [0.4, 0.5) is 5.69 Å². The lowest BCUT2D eigenvalue weighted by Gasteiger charge is -2.19. The number of halogens is 1. The number of carbonyl (C=O) groups is 2. The van der Waals surface area contributed by atoms with E-state index in [9.17, 15) is 9.59 Å². The summed E-state index contributed by atoms with van der Waals surface area (Å²) in [4.78, 5) is 26.5. The summed E-state index contributed by atoms with van der Waals surface area (Å²) in [5.41, 5.74) is 2.87. The van der Waals surface area contributed by atoms with Gasteiger partial charge in [-0.1, -0.05) is 18.2 Å². The van der Waals surface area contributed by atoms with Crippen LogP contribution in [-0.4, -0.2) is 41.7 Å². The predicted octanol–water partition coefficient (Wildman–Crippen LogP) is 0.808. The molecule has 2 heterocycles. The van der Waals surface area contributed by atoms with Crippen molar-refractivity contribution in [2.45, 2.75) is 12.5 Å². The van der Waals surface area contributed by atoms with Gasteiger partial charge in [0, 0.05) is 31.0 Å². The molecule has 0 saturated carbocycles. The Kier molecular flexibility index (Phi) is 6.17. The van der Waals surface area contributed by atoms with Gasteiger partial charge in [-0.25, -0.2) is 0 Å². The Morgan fingerprint density at radius 2 is 2.08 bits per heavy atom. The Morgan fingerprint density at radius 3 is 2.76 bits per heavy atom. The number of carbonyl (C=O) groups excluding carboxylic acids is 2. The van der Waals surface area contributed by atoms with Crippen molar-refractivity contribution in [3.8, 4) is 0 Å². The van der Waals surface area contributed by atoms with Crippen molar-refractivity contribution in [1.82, 2.24) is 20.4 Å². The van der Waals surface area contributed by atoms with E-state index in [0.717, 1.165) is 17.7 Å². The van der Waals surface area contributed by atoms with Crippen LogP contribution in [0.1, 0.15) is 17.2 Å². The van der Waals surface area contributed by atoms with Gasteiger partial charge in [-0.2, -0.15) is 5.10 Å². The third kappa shape index (κ3) is 4.00. The van der Waals surface area contributed by atoms with Gasteiger partial charge in [0.05, 0.1) is 12.7 Å². The van der Waals surface area contributed by atoms with E-state index in [1.165, 1.54) is 5.56 Å². The predicted molar refractivity (Wildman–Crippen MR) is 97.8 cm³/mol. The molecule has 1 aromatic heterocycles. The van der Waals surface area contributed by atoms with E-state index in [0.29, 0.717) is 6.54 Å². The fourth-order valence-electron chi connectivity index (χ4n) is 3.00. The maximum Gasteiger partial charge on any atom is 0.246 e. The summed E-state index contributed by atoms with van der Waals surface area (Å²) in [6.45, 7) is 0.637. The van der Waals surface area contributed by atoms with Gasteiger partial charge >= 0.3 is 0 Å². The monoisotopic (exact) mass is 363 g/mol. The van der Waals surface area contributed by atoms with Gasteiger partial charge in [-0.3, -0.25) is 14.3 Å². The second-order valence-electron chi connectivity index (χ2n) is 5.81. The van der Waals surface area contributed by atoms with Crippen molar-refractivity contribution in [3.63, 3.8) is 0 Å². The van der Waals surface area contributed by atoms with E-state index in [1.807, 2.05) is 24.3 Å². The summed E-state index contributed by atoms with van der Waals surface area (Å²) in [7, 11) is 3.50. The molecule has 1 aromatic carbocycles. The van der Waals surface area contributed by atoms with Crippen LogP contribution >= 0.6 is 12.4 Å². The van der Waals surface area contributed by atoms with Crippen molar-refractivity contribution in [3.05, 3.63) is 47.8 Å². The molecule has 8 heteroatoms. The zero-order valence-electron chi connectivity index (χ0n) is 14.2. The van der Waals surface area contributed by atoms with Gasteiger partial charge in [0.15, 0.2) is 0 Å². The van der Waals surface area contributed by atoms with E-state index < -0.39 is 6.04 Å². The van der Waals surface area contributed by atoms with Gasteiger partial charge in [0.25, 0.3) is 0 Å². The highest BCUT2D eigenvalue weighted by atomic mass is 35.5. The van der Waals surface area contributed by atoms with Crippen LogP contribution in [0.25, 0.3) is 0 Å². The van der Waals surface area contributed by atoms with Gasteiger partial charge in [0.2, 0.25) is 11.8 Å². The minimum Gasteiger partial charge on any atom is -0.345 e. The molecule has 3 rings (SSSR count). The highest BCUT2D eigenvalue weighted by Crippen LogP contribution is 2.27. The lowest BCUT2D eigenvalue weighted by atomic mass is 10.1. The number of amides is 2. The van der Waals surface area contributed by atoms with Gasteiger partial charge in [-0.05, 0) is 25.1 Å². The van der Waals surface area contributed by atoms with Crippen LogP contribution in [0.5, 0.6) is 0 Å². The van der Waals surface area contributed by atoms with Gasteiger partial charge in [0.1, 0.15) is 6.04 Å². The third-order valence-electron chi connectivity index (χ3n) is 4.21. The topological polar surface area (TPSA) is 79.3 Å². The van der Waals surface area contributed by atoms with E-state index in [-0.39, 0.29) is 30.8 Å². The van der Waals surface area contributed by atoms with Crippen molar-refractivity contribution in [2.24, 2.45) is 7.05 Å². The number of hydrogen-bond donors (Lipinski definition) is 2. The van der Waals surface area contributed by atoms with Crippen LogP contribution in [0.2, 0.25) is 0 Å². The van der Waals surface area contributed by atoms with E-state index in [1.54, 1.807) is 36.1 Å². The van der Waals surface area contributed by atoms with Crippen LogP contribution in [0.3, 0.4) is 0 Å². The van der Waals surface area contributed by atoms with Crippen molar-refractivity contribution >= 4 is 29.9 Å². The molecular formula is C17H22ClN5O2. The maximum atomic E-state index is 12.4. The Morgan fingerprint density at radius 1 is 1.32 bits per heavy atom. The average molecular weight is 364 g/mol. The maximum absolute atomic E-state index is 12.4. The van der Waals surface area contributed by atoms with Crippen LogP contribution in [0.15, 0.2) is 36.7 Å². The zero-order valence-corrected chi connectivity index (χ0v) is 15.0. The molecule has 1 aliphatic rings. The summed E-state index contributed by atoms with van der Waals surface area (Å²) in [5, 5.41) is 9.74. The first-order valence-corrected chi connectivity index (χ1v) is 7.92. The fourth-order valence-corrected chi connectivity index (χ4v) is 3.00. The number of nitrogens with zero attached hydrogens (tertiary/aromatic N) is 3. The fraction of sp³-hybridized carbons (Fsp3) is 0.353. The Labute approximate surface area is 152 Å². The lowest BCUT2D eigenvalue weighted by molar-refractivity contribution is -0.126. The molecule has 0 fully saturated rings. The number of aryl methyl sites for hydroxylation is 1. The normalized spacial score (nSPS) is 13.8. The molecule has 0 aliphatic carbocycles. The lowest BCUT2D eigenvalue weighted by Crippen LogP contribution is -2.43. The number of hydrogen-bond acceptors (Lipinski definition) is 4. The minimum atomic E-state index is -0.530. The molecule has 2 aromatic rings. The Balaban J connectivity index is 0.00000225. The quantitative estimate of drug-likeness (QED) is 0.824. The number of likely N-dealkylation sites (N-methyl/N-ethyl adjacent to an activating group) is 1. The number of fused-ring (bicyclic) bond motifs is 1. The summed E-state index contributed by atoms with van der Waals surface area (Å²) in [5.74, 6) is -0.347. The van der Waals surface area contributed by atoms with Crippen molar-refractivity contribution in [2.75, 3.05) is 25.0 Å². The molecule has 2 N–H and O–H groups in total. The SMILES string of the molecule is CNC(C(=O)NCC(=O)N1CCc2ccccc21)c1cnn(C)c1.Cl. The van der Waals surface area contributed by atoms with Crippen LogP contribution in [0, 0.1) is 0 Å². The molecule has 0 spiro atoms. The van der Waals surface area contributed by atoms with E-state index >= 15 is 0 Å². The number of benzene rings is 1. The van der Waals surface area contributed by atoms with E-state index in [4.69, 9.17) is 0 Å². The molecule has 1 atom stereocenters. The zero-order chi connectivity index (χ0) is 17.1. The average Bonchev–Trinajstić information content (AvgIpc) is 3.20. The molecule has 1 unspecified atom stereocenters. The first-order valence-electron chi connectivity index (χ1n) is 7.92. The summed E-state index contributed by atoms with van der Waals surface area (Å²) >= 11 is 0. The highest BCUT2D eigenvalue weighted by Gasteiger charge is 2.26. The number of rotatable bonds is 5. The second kappa shape index (κ2) is 8.13. The minimum absolute atomic E-state index is 0. The van der Waals surface area contributed by atoms with Crippen LogP contribution < -0.4 is 15.5 Å². The number of nitrogens with one attached hydrogen (secondary N) is 2. The molecule has 2 amide bonds. The molecule has 1 aliphatic heterocycles. The largest absolute Gasteiger partial charge is 0.345 e. The summed E-state index contributed by atoms with van der Waals surface area (Å²) < 4.78 is 1.64. The van der Waals surface area contributed by atoms with Gasteiger partial charge in [-0.15, -0.1) is 12.4 Å². The summed E-state index contributed by atoms with van der Waals surface area (Å²) in [6.07, 6.45) is 4.27.